The first kappa shape index (κ1) is 21.5. The molecule has 2 heterocycles. The van der Waals surface area contributed by atoms with Crippen LogP contribution in [0.5, 0.6) is 5.75 Å². The number of hydrogen-bond acceptors (Lipinski definition) is 3. The summed E-state index contributed by atoms with van der Waals surface area (Å²) < 4.78 is 6.75. The lowest BCUT2D eigenvalue weighted by Gasteiger charge is -2.22. The molecule has 1 aromatic carbocycles. The van der Waals surface area contributed by atoms with Gasteiger partial charge < -0.3 is 19.1 Å². The summed E-state index contributed by atoms with van der Waals surface area (Å²) in [5.74, 6) is 0.798. The van der Waals surface area contributed by atoms with Gasteiger partial charge in [0.1, 0.15) is 16.6 Å². The van der Waals surface area contributed by atoms with Gasteiger partial charge in [0.15, 0.2) is 0 Å². The van der Waals surface area contributed by atoms with E-state index in [1.54, 1.807) is 29.7 Å². The molecule has 0 atom stereocenters. The van der Waals surface area contributed by atoms with Gasteiger partial charge in [0, 0.05) is 39.6 Å². The number of aryl methyl sites for hydroxylation is 1. The van der Waals surface area contributed by atoms with Crippen LogP contribution >= 0.6 is 23.2 Å². The molecule has 0 N–H and O–H groups in total. The molecule has 1 aliphatic heterocycles. The lowest BCUT2D eigenvalue weighted by atomic mass is 10.1. The molecule has 0 radical (unpaired) electrons. The lowest BCUT2D eigenvalue weighted by molar-refractivity contribution is -0.131. The number of methoxy groups -OCH3 is 1. The second-order valence-electron chi connectivity index (χ2n) is 7.10. The molecule has 156 valence electrons. The number of benzene rings is 1. The number of rotatable bonds is 5. The van der Waals surface area contributed by atoms with Crippen LogP contribution in [-0.2, 0) is 18.3 Å². The van der Waals surface area contributed by atoms with Crippen LogP contribution in [0.25, 0.3) is 0 Å². The second-order valence-corrected chi connectivity index (χ2v) is 7.87. The number of amides is 2. The predicted octanol–water partition coefficient (Wildman–Crippen LogP) is 3.65. The molecule has 2 amide bonds. The molecular formula is C21H25Cl2N3O3. The summed E-state index contributed by atoms with van der Waals surface area (Å²) in [4.78, 5) is 29.1. The van der Waals surface area contributed by atoms with E-state index < -0.39 is 0 Å². The molecule has 29 heavy (non-hydrogen) atoms. The van der Waals surface area contributed by atoms with E-state index in [9.17, 15) is 9.59 Å². The third-order valence-corrected chi connectivity index (χ3v) is 6.10. The van der Waals surface area contributed by atoms with Crippen LogP contribution in [0.3, 0.4) is 0 Å². The average Bonchev–Trinajstić information content (AvgIpc) is 2.92. The third-order valence-electron chi connectivity index (χ3n) is 5.26. The fourth-order valence-electron chi connectivity index (χ4n) is 3.48. The van der Waals surface area contributed by atoms with Gasteiger partial charge in [0.2, 0.25) is 5.91 Å². The highest BCUT2D eigenvalue weighted by Crippen LogP contribution is 2.26. The Morgan fingerprint density at radius 1 is 1.03 bits per heavy atom. The van der Waals surface area contributed by atoms with Crippen LogP contribution in [0, 0.1) is 0 Å². The van der Waals surface area contributed by atoms with Crippen molar-refractivity contribution in [2.75, 3.05) is 33.3 Å². The van der Waals surface area contributed by atoms with Gasteiger partial charge in [-0.15, -0.1) is 0 Å². The fraction of sp³-hybridized carbons (Fsp3) is 0.429. The average molecular weight is 438 g/mol. The number of halogens is 2. The van der Waals surface area contributed by atoms with Gasteiger partial charge in [-0.2, -0.15) is 0 Å². The summed E-state index contributed by atoms with van der Waals surface area (Å²) in [7, 11) is 3.35. The van der Waals surface area contributed by atoms with Gasteiger partial charge in [0.25, 0.3) is 5.91 Å². The van der Waals surface area contributed by atoms with E-state index in [1.165, 1.54) is 0 Å². The van der Waals surface area contributed by atoms with Crippen LogP contribution in [0.15, 0.2) is 30.3 Å². The Morgan fingerprint density at radius 3 is 2.31 bits per heavy atom. The van der Waals surface area contributed by atoms with Gasteiger partial charge in [-0.3, -0.25) is 9.59 Å². The van der Waals surface area contributed by atoms with Crippen molar-refractivity contribution < 1.29 is 14.3 Å². The molecular weight excluding hydrogens is 413 g/mol. The highest BCUT2D eigenvalue weighted by molar-refractivity contribution is 6.41. The van der Waals surface area contributed by atoms with Gasteiger partial charge in [0.05, 0.1) is 12.1 Å². The first-order valence-electron chi connectivity index (χ1n) is 9.61. The summed E-state index contributed by atoms with van der Waals surface area (Å²) in [6, 6.07) is 9.35. The molecule has 1 fully saturated rings. The van der Waals surface area contributed by atoms with Crippen molar-refractivity contribution >= 4 is 35.0 Å². The highest BCUT2D eigenvalue weighted by Gasteiger charge is 2.25. The second kappa shape index (κ2) is 9.55. The molecule has 0 bridgehead atoms. The summed E-state index contributed by atoms with van der Waals surface area (Å²) in [5.41, 5.74) is 1.56. The minimum atomic E-state index is -0.117. The van der Waals surface area contributed by atoms with Crippen molar-refractivity contribution in [3.63, 3.8) is 0 Å². The summed E-state index contributed by atoms with van der Waals surface area (Å²) >= 11 is 12.1. The van der Waals surface area contributed by atoms with Gasteiger partial charge in [-0.05, 0) is 36.6 Å². The lowest BCUT2D eigenvalue weighted by Crippen LogP contribution is -2.38. The standard InChI is InChI=1S/C21H25Cl2N3O3/c1-24-18(14-17(22)20(24)23)21(28)26-11-3-10-25(12-13-26)19(27)9-6-15-4-7-16(29-2)8-5-15/h4-5,7-8,14H,3,6,9-13H2,1-2H3. The van der Waals surface area contributed by atoms with Crippen LogP contribution in [0.2, 0.25) is 10.2 Å². The first-order valence-corrected chi connectivity index (χ1v) is 10.4. The topological polar surface area (TPSA) is 54.8 Å². The Kier molecular flexibility index (Phi) is 7.09. The van der Waals surface area contributed by atoms with E-state index in [4.69, 9.17) is 27.9 Å². The molecule has 0 spiro atoms. The Morgan fingerprint density at radius 2 is 1.69 bits per heavy atom. The van der Waals surface area contributed by atoms with Crippen molar-refractivity contribution in [3.8, 4) is 5.75 Å². The zero-order chi connectivity index (χ0) is 21.0. The molecule has 8 heteroatoms. The van der Waals surface area contributed by atoms with Crippen molar-refractivity contribution in [2.45, 2.75) is 19.3 Å². The van der Waals surface area contributed by atoms with Crippen LogP contribution in [0.4, 0.5) is 0 Å². The minimum Gasteiger partial charge on any atom is -0.497 e. The van der Waals surface area contributed by atoms with Crippen molar-refractivity contribution in [1.82, 2.24) is 14.4 Å². The predicted molar refractivity (Wildman–Crippen MR) is 114 cm³/mol. The Labute approximate surface area is 180 Å². The largest absolute Gasteiger partial charge is 0.497 e. The number of aromatic nitrogens is 1. The SMILES string of the molecule is COc1ccc(CCC(=O)N2CCCN(C(=O)c3cc(Cl)c(Cl)n3C)CC2)cc1. The van der Waals surface area contributed by atoms with E-state index in [-0.39, 0.29) is 11.8 Å². The van der Waals surface area contributed by atoms with E-state index in [1.807, 2.05) is 29.2 Å². The monoisotopic (exact) mass is 437 g/mol. The zero-order valence-electron chi connectivity index (χ0n) is 16.7. The van der Waals surface area contributed by atoms with E-state index in [2.05, 4.69) is 0 Å². The minimum absolute atomic E-state index is 0.111. The van der Waals surface area contributed by atoms with Crippen LogP contribution in [-0.4, -0.2) is 59.5 Å². The molecule has 1 saturated heterocycles. The first-order chi connectivity index (χ1) is 13.9. The maximum atomic E-state index is 12.9. The smallest absolute Gasteiger partial charge is 0.270 e. The number of hydrogen-bond donors (Lipinski definition) is 0. The van der Waals surface area contributed by atoms with E-state index in [0.717, 1.165) is 17.7 Å². The fourth-order valence-corrected chi connectivity index (χ4v) is 3.86. The van der Waals surface area contributed by atoms with Crippen LogP contribution < -0.4 is 4.74 Å². The van der Waals surface area contributed by atoms with Crippen molar-refractivity contribution in [3.05, 3.63) is 51.8 Å². The maximum Gasteiger partial charge on any atom is 0.270 e. The van der Waals surface area contributed by atoms with E-state index in [0.29, 0.717) is 54.9 Å². The molecule has 0 saturated carbocycles. The molecule has 1 aromatic heterocycles. The van der Waals surface area contributed by atoms with Gasteiger partial charge >= 0.3 is 0 Å². The number of carbonyl (C=O) groups is 2. The third kappa shape index (κ3) is 5.06. The molecule has 2 aromatic rings. The van der Waals surface area contributed by atoms with Crippen molar-refractivity contribution in [2.24, 2.45) is 7.05 Å². The zero-order valence-corrected chi connectivity index (χ0v) is 18.2. The molecule has 6 nitrogen and oxygen atoms in total. The Bertz CT molecular complexity index is 880. The van der Waals surface area contributed by atoms with Crippen molar-refractivity contribution in [1.29, 1.82) is 0 Å². The molecule has 1 aliphatic rings. The number of carbonyl (C=O) groups excluding carboxylic acids is 2. The van der Waals surface area contributed by atoms with Crippen LogP contribution in [0.1, 0.15) is 28.9 Å². The van der Waals surface area contributed by atoms with Gasteiger partial charge in [-0.1, -0.05) is 35.3 Å². The highest BCUT2D eigenvalue weighted by atomic mass is 35.5. The molecule has 0 aliphatic carbocycles. The van der Waals surface area contributed by atoms with Gasteiger partial charge in [-0.25, -0.2) is 0 Å². The number of nitrogens with zero attached hydrogens (tertiary/aromatic N) is 3. The maximum absolute atomic E-state index is 12.9. The normalized spacial score (nSPS) is 14.6. The van der Waals surface area contributed by atoms with E-state index >= 15 is 0 Å². The molecule has 3 rings (SSSR count). The Balaban J connectivity index is 1.55. The number of ether oxygens (including phenoxy) is 1. The molecule has 0 unspecified atom stereocenters. The Hall–Kier alpha value is -2.18. The summed E-state index contributed by atoms with van der Waals surface area (Å²) in [5, 5.41) is 0.711. The summed E-state index contributed by atoms with van der Waals surface area (Å²) in [6.07, 6.45) is 1.87. The summed E-state index contributed by atoms with van der Waals surface area (Å²) in [6.45, 7) is 2.27. The quantitative estimate of drug-likeness (QED) is 0.716.